The van der Waals surface area contributed by atoms with Crippen LogP contribution in [0.5, 0.6) is 0 Å². The monoisotopic (exact) mass is 710 g/mol. The molecule has 1 amide bonds. The van der Waals surface area contributed by atoms with Gasteiger partial charge >= 0.3 is 24.4 Å². The number of piperidine rings is 1. The number of carboxylic acid groups (broad SMARTS) is 1. The fourth-order valence-corrected chi connectivity index (χ4v) is 7.02. The number of aliphatic carboxylic acids is 1. The summed E-state index contributed by atoms with van der Waals surface area (Å²) in [6.07, 6.45) is -1.20. The number of ether oxygens (including phenoxy) is 1. The second kappa shape index (κ2) is 14.9. The molecule has 5 rings (SSSR count). The van der Waals surface area contributed by atoms with Crippen molar-refractivity contribution in [3.05, 3.63) is 59.7 Å². The number of carboxylic acids is 1. The Morgan fingerprint density at radius 3 is 1.90 bits per heavy atom. The number of hydrogen-bond donors (Lipinski definition) is 1. The second-order valence-electron chi connectivity index (χ2n) is 13.1. The third-order valence-corrected chi connectivity index (χ3v) is 9.69. The van der Waals surface area contributed by atoms with E-state index in [9.17, 15) is 41.0 Å². The lowest BCUT2D eigenvalue weighted by molar-refractivity contribution is -0.144. The highest BCUT2D eigenvalue weighted by molar-refractivity contribution is 5.70. The maximum absolute atomic E-state index is 13.8. The van der Waals surface area contributed by atoms with Crippen molar-refractivity contribution in [2.24, 2.45) is 13.0 Å². The molecule has 0 spiro atoms. The normalized spacial score (nSPS) is 23.1. The smallest absolute Gasteiger partial charge is 0.416 e. The minimum atomic E-state index is -5.01. The number of carbonyl (C=O) groups is 2. The molecular formula is C34H40F6N6O4. The predicted octanol–water partition coefficient (Wildman–Crippen LogP) is 7.72. The highest BCUT2D eigenvalue weighted by atomic mass is 19.4. The van der Waals surface area contributed by atoms with E-state index in [4.69, 9.17) is 4.74 Å². The highest BCUT2D eigenvalue weighted by Gasteiger charge is 2.42. The van der Waals surface area contributed by atoms with E-state index in [1.165, 1.54) is 12.4 Å². The van der Waals surface area contributed by atoms with E-state index in [1.807, 2.05) is 13.8 Å². The topological polar surface area (TPSA) is 114 Å². The molecule has 0 radical (unpaired) electrons. The number of rotatable bonds is 9. The first-order chi connectivity index (χ1) is 23.6. The van der Waals surface area contributed by atoms with Crippen LogP contribution in [0, 0.1) is 5.92 Å². The fourth-order valence-electron chi connectivity index (χ4n) is 7.02. The summed E-state index contributed by atoms with van der Waals surface area (Å²) in [5.74, 6) is -1.22. The number of carbonyl (C=O) groups excluding carboxylic acids is 1. The molecule has 0 bridgehead atoms. The third kappa shape index (κ3) is 8.49. The number of benzene rings is 1. The maximum Gasteiger partial charge on any atom is 0.416 e. The van der Waals surface area contributed by atoms with E-state index >= 15 is 0 Å². The van der Waals surface area contributed by atoms with Crippen LogP contribution in [0.1, 0.15) is 81.9 Å². The van der Waals surface area contributed by atoms with E-state index < -0.39 is 53.6 Å². The van der Waals surface area contributed by atoms with Gasteiger partial charge in [0.25, 0.3) is 0 Å². The van der Waals surface area contributed by atoms with Gasteiger partial charge in [0.2, 0.25) is 5.95 Å². The van der Waals surface area contributed by atoms with Gasteiger partial charge in [0.15, 0.2) is 0 Å². The van der Waals surface area contributed by atoms with Gasteiger partial charge in [-0.2, -0.15) is 31.4 Å². The number of aromatic nitrogens is 4. The largest absolute Gasteiger partial charge is 0.481 e. The van der Waals surface area contributed by atoms with E-state index in [1.54, 1.807) is 33.9 Å². The van der Waals surface area contributed by atoms with Crippen molar-refractivity contribution >= 4 is 18.0 Å². The molecule has 1 aromatic carbocycles. The van der Waals surface area contributed by atoms with E-state index in [0.29, 0.717) is 69.1 Å². The number of likely N-dealkylation sites (tertiary alicyclic amines) is 1. The van der Waals surface area contributed by atoms with Crippen LogP contribution in [0.25, 0.3) is 11.1 Å². The molecule has 2 atom stereocenters. The summed E-state index contributed by atoms with van der Waals surface area (Å²) in [6, 6.07) is 0.328. The number of hydrogen-bond acceptors (Lipinski definition) is 7. The Hall–Kier alpha value is -4.37. The molecule has 272 valence electrons. The number of anilines is 1. The zero-order valence-electron chi connectivity index (χ0n) is 27.9. The van der Waals surface area contributed by atoms with Crippen LogP contribution in [0.4, 0.5) is 37.1 Å². The lowest BCUT2D eigenvalue weighted by Gasteiger charge is -2.47. The van der Waals surface area contributed by atoms with E-state index in [-0.39, 0.29) is 36.2 Å². The summed E-state index contributed by atoms with van der Waals surface area (Å²) in [5, 5.41) is 13.5. The Labute approximate surface area is 285 Å². The summed E-state index contributed by atoms with van der Waals surface area (Å²) in [4.78, 5) is 37.3. The van der Waals surface area contributed by atoms with E-state index in [2.05, 4.69) is 15.1 Å². The van der Waals surface area contributed by atoms with Crippen LogP contribution in [-0.2, 0) is 35.5 Å². The standard InChI is InChI=1S/C34H40F6N6O4/c1-4-26-13-28(14-27(5-2)46(26)32(49)50-29-8-6-21(7-9-29)30(47)48)45(31-41-15-22(16-42-31)23-17-43-44(3)19-23)18-20-10-24(33(35,36)37)12-25(11-20)34(38,39)40/h10-12,15-17,19,21,26-29H,4-9,13-14,18H2,1-3H3,(H,47,48)/t21?,26-,27-,29?/m0/s1. The minimum Gasteiger partial charge on any atom is -0.481 e. The molecule has 3 heterocycles. The van der Waals surface area contributed by atoms with Crippen LogP contribution in [0.3, 0.4) is 0 Å². The van der Waals surface area contributed by atoms with Crippen molar-refractivity contribution in [2.75, 3.05) is 4.90 Å². The molecule has 1 aliphatic carbocycles. The molecule has 1 aliphatic heterocycles. The summed E-state index contributed by atoms with van der Waals surface area (Å²) in [7, 11) is 1.74. The molecule has 16 heteroatoms. The van der Waals surface area contributed by atoms with Crippen LogP contribution >= 0.6 is 0 Å². The summed E-state index contributed by atoms with van der Waals surface area (Å²) < 4.78 is 90.3. The van der Waals surface area contributed by atoms with Gasteiger partial charge in [-0.25, -0.2) is 14.8 Å². The van der Waals surface area contributed by atoms with Crippen LogP contribution < -0.4 is 4.90 Å². The lowest BCUT2D eigenvalue weighted by Crippen LogP contribution is -2.57. The van der Waals surface area contributed by atoms with Gasteiger partial charge in [-0.05, 0) is 75.1 Å². The molecule has 3 aromatic rings. The molecule has 0 unspecified atom stereocenters. The first kappa shape index (κ1) is 36.9. The Bertz CT molecular complexity index is 1590. The van der Waals surface area contributed by atoms with Crippen molar-refractivity contribution in [1.82, 2.24) is 24.6 Å². The molecule has 1 saturated heterocycles. The Balaban J connectivity index is 1.46. The van der Waals surface area contributed by atoms with Crippen molar-refractivity contribution in [1.29, 1.82) is 0 Å². The predicted molar refractivity (Wildman–Crippen MR) is 170 cm³/mol. The summed E-state index contributed by atoms with van der Waals surface area (Å²) >= 11 is 0. The zero-order valence-corrected chi connectivity index (χ0v) is 27.9. The average Bonchev–Trinajstić information content (AvgIpc) is 3.52. The summed E-state index contributed by atoms with van der Waals surface area (Å²) in [6.45, 7) is 3.43. The quantitative estimate of drug-likeness (QED) is 0.225. The molecule has 1 saturated carbocycles. The van der Waals surface area contributed by atoms with Gasteiger partial charge in [-0.15, -0.1) is 0 Å². The molecule has 50 heavy (non-hydrogen) atoms. The SMILES string of the molecule is CC[C@H]1CC(N(Cc2cc(C(F)(F)F)cc(C(F)(F)F)c2)c2ncc(-c3cnn(C)c3)cn2)C[C@H](CC)N1C(=O)OC1CCC(C(=O)O)CC1. The first-order valence-electron chi connectivity index (χ1n) is 16.6. The molecule has 1 N–H and O–H groups in total. The van der Waals surface area contributed by atoms with Crippen LogP contribution in [0.15, 0.2) is 43.0 Å². The maximum atomic E-state index is 13.8. The Morgan fingerprint density at radius 2 is 1.44 bits per heavy atom. The number of halogens is 6. The number of alkyl halides is 6. The van der Waals surface area contributed by atoms with Gasteiger partial charge < -0.3 is 19.6 Å². The van der Waals surface area contributed by atoms with Gasteiger partial charge in [0.05, 0.1) is 23.2 Å². The number of amides is 1. The number of nitrogens with zero attached hydrogens (tertiary/aromatic N) is 6. The lowest BCUT2D eigenvalue weighted by atomic mass is 9.87. The minimum absolute atomic E-state index is 0.103. The Kier molecular flexibility index (Phi) is 11.0. The van der Waals surface area contributed by atoms with Crippen molar-refractivity contribution in [3.63, 3.8) is 0 Å². The second-order valence-corrected chi connectivity index (χ2v) is 13.1. The molecule has 2 aromatic heterocycles. The van der Waals surface area contributed by atoms with Crippen molar-refractivity contribution in [3.8, 4) is 11.1 Å². The third-order valence-electron chi connectivity index (χ3n) is 9.69. The Morgan fingerprint density at radius 1 is 0.880 bits per heavy atom. The molecule has 2 aliphatic rings. The first-order valence-corrected chi connectivity index (χ1v) is 16.6. The highest BCUT2D eigenvalue weighted by Crippen LogP contribution is 2.39. The van der Waals surface area contributed by atoms with Crippen molar-refractivity contribution in [2.45, 2.75) is 108 Å². The van der Waals surface area contributed by atoms with Crippen LogP contribution in [-0.4, -0.2) is 66.0 Å². The van der Waals surface area contributed by atoms with Gasteiger partial charge in [-0.1, -0.05) is 13.8 Å². The van der Waals surface area contributed by atoms with Gasteiger partial charge in [0.1, 0.15) is 6.10 Å². The molecule has 2 fully saturated rings. The average molecular weight is 711 g/mol. The van der Waals surface area contributed by atoms with Crippen LogP contribution in [0.2, 0.25) is 0 Å². The van der Waals surface area contributed by atoms with Gasteiger partial charge in [-0.3, -0.25) is 9.48 Å². The summed E-state index contributed by atoms with van der Waals surface area (Å²) in [5.41, 5.74) is -1.70. The molecule has 10 nitrogen and oxygen atoms in total. The van der Waals surface area contributed by atoms with Crippen molar-refractivity contribution < 1.29 is 45.8 Å². The van der Waals surface area contributed by atoms with Gasteiger partial charge in [0, 0.05) is 61.4 Å². The zero-order chi connectivity index (χ0) is 36.4. The van der Waals surface area contributed by atoms with E-state index in [0.717, 1.165) is 5.56 Å². The molecular weight excluding hydrogens is 670 g/mol. The number of aryl methyl sites for hydroxylation is 1. The fraction of sp³-hybridized carbons (Fsp3) is 0.559.